The SMILES string of the molecule is CCCNC(CC(C)CC)c1ccc(Cl)c(C)c1. The quantitative estimate of drug-likeness (QED) is 0.723. The monoisotopic (exact) mass is 267 g/mol. The Morgan fingerprint density at radius 3 is 2.56 bits per heavy atom. The molecule has 1 aromatic rings. The minimum Gasteiger partial charge on any atom is -0.310 e. The van der Waals surface area contributed by atoms with Gasteiger partial charge in [0.15, 0.2) is 0 Å². The average Bonchev–Trinajstić information content (AvgIpc) is 2.37. The third kappa shape index (κ3) is 4.62. The summed E-state index contributed by atoms with van der Waals surface area (Å²) in [5.41, 5.74) is 2.53. The number of hydrogen-bond acceptors (Lipinski definition) is 1. The summed E-state index contributed by atoms with van der Waals surface area (Å²) in [6.45, 7) is 9.94. The summed E-state index contributed by atoms with van der Waals surface area (Å²) in [5, 5.41) is 4.51. The van der Waals surface area contributed by atoms with Crippen molar-refractivity contribution in [3.8, 4) is 0 Å². The van der Waals surface area contributed by atoms with Gasteiger partial charge in [0.05, 0.1) is 0 Å². The van der Waals surface area contributed by atoms with E-state index in [1.165, 1.54) is 30.4 Å². The number of benzene rings is 1. The summed E-state index contributed by atoms with van der Waals surface area (Å²) in [6.07, 6.45) is 3.60. The van der Waals surface area contributed by atoms with E-state index in [9.17, 15) is 0 Å². The first kappa shape index (κ1) is 15.5. The molecule has 0 saturated heterocycles. The molecule has 102 valence electrons. The van der Waals surface area contributed by atoms with Crippen molar-refractivity contribution in [3.05, 3.63) is 34.3 Å². The van der Waals surface area contributed by atoms with Crippen molar-refractivity contribution in [1.29, 1.82) is 0 Å². The summed E-state index contributed by atoms with van der Waals surface area (Å²) in [7, 11) is 0. The van der Waals surface area contributed by atoms with Crippen molar-refractivity contribution < 1.29 is 0 Å². The normalized spacial score (nSPS) is 14.5. The Morgan fingerprint density at radius 2 is 2.00 bits per heavy atom. The van der Waals surface area contributed by atoms with Crippen LogP contribution in [0.15, 0.2) is 18.2 Å². The fourth-order valence-corrected chi connectivity index (χ4v) is 2.23. The molecule has 1 rings (SSSR count). The Morgan fingerprint density at radius 1 is 1.28 bits per heavy atom. The van der Waals surface area contributed by atoms with E-state index in [4.69, 9.17) is 11.6 Å². The summed E-state index contributed by atoms with van der Waals surface area (Å²) in [6, 6.07) is 6.85. The maximum Gasteiger partial charge on any atom is 0.0435 e. The fraction of sp³-hybridized carbons (Fsp3) is 0.625. The molecule has 0 radical (unpaired) electrons. The lowest BCUT2D eigenvalue weighted by molar-refractivity contribution is 0.402. The van der Waals surface area contributed by atoms with E-state index in [-0.39, 0.29) is 0 Å². The van der Waals surface area contributed by atoms with Crippen molar-refractivity contribution in [2.45, 2.75) is 53.0 Å². The van der Waals surface area contributed by atoms with Crippen molar-refractivity contribution >= 4 is 11.6 Å². The van der Waals surface area contributed by atoms with Crippen LogP contribution in [0.25, 0.3) is 0 Å². The smallest absolute Gasteiger partial charge is 0.0435 e. The van der Waals surface area contributed by atoms with Crippen LogP contribution in [0.4, 0.5) is 0 Å². The molecule has 0 aliphatic rings. The predicted molar refractivity (Wildman–Crippen MR) is 81.3 cm³/mol. The zero-order valence-electron chi connectivity index (χ0n) is 12.1. The summed E-state index contributed by atoms with van der Waals surface area (Å²) in [5.74, 6) is 0.746. The van der Waals surface area contributed by atoms with Crippen LogP contribution in [0.3, 0.4) is 0 Å². The molecule has 0 fully saturated rings. The maximum absolute atomic E-state index is 6.10. The van der Waals surface area contributed by atoms with Gasteiger partial charge in [-0.15, -0.1) is 0 Å². The fourth-order valence-electron chi connectivity index (χ4n) is 2.11. The first-order valence-corrected chi connectivity index (χ1v) is 7.45. The number of rotatable bonds is 7. The third-order valence-corrected chi connectivity index (χ3v) is 3.98. The molecule has 2 atom stereocenters. The highest BCUT2D eigenvalue weighted by Crippen LogP contribution is 2.26. The largest absolute Gasteiger partial charge is 0.310 e. The molecular weight excluding hydrogens is 242 g/mol. The zero-order chi connectivity index (χ0) is 13.5. The van der Waals surface area contributed by atoms with Gasteiger partial charge in [0.2, 0.25) is 0 Å². The minimum atomic E-state index is 0.455. The van der Waals surface area contributed by atoms with Gasteiger partial charge in [0.1, 0.15) is 0 Å². The Balaban J connectivity index is 2.82. The highest BCUT2D eigenvalue weighted by molar-refractivity contribution is 6.31. The molecular formula is C16H26ClN. The Hall–Kier alpha value is -0.530. The van der Waals surface area contributed by atoms with Crippen LogP contribution >= 0.6 is 11.6 Å². The van der Waals surface area contributed by atoms with Crippen LogP contribution in [-0.2, 0) is 0 Å². The van der Waals surface area contributed by atoms with E-state index >= 15 is 0 Å². The zero-order valence-corrected chi connectivity index (χ0v) is 12.8. The minimum absolute atomic E-state index is 0.455. The van der Waals surface area contributed by atoms with Crippen LogP contribution < -0.4 is 5.32 Å². The molecule has 1 N–H and O–H groups in total. The van der Waals surface area contributed by atoms with Gasteiger partial charge in [-0.2, -0.15) is 0 Å². The van der Waals surface area contributed by atoms with Crippen LogP contribution in [0, 0.1) is 12.8 Å². The van der Waals surface area contributed by atoms with Gasteiger partial charge >= 0.3 is 0 Å². The van der Waals surface area contributed by atoms with E-state index < -0.39 is 0 Å². The van der Waals surface area contributed by atoms with Crippen LogP contribution in [-0.4, -0.2) is 6.54 Å². The number of hydrogen-bond donors (Lipinski definition) is 1. The second-order valence-corrected chi connectivity index (χ2v) is 5.67. The van der Waals surface area contributed by atoms with Gasteiger partial charge in [-0.1, -0.05) is 50.9 Å². The summed E-state index contributed by atoms with van der Waals surface area (Å²) in [4.78, 5) is 0. The summed E-state index contributed by atoms with van der Waals surface area (Å²) < 4.78 is 0. The van der Waals surface area contributed by atoms with Crippen LogP contribution in [0.1, 0.15) is 57.2 Å². The molecule has 1 aromatic carbocycles. The van der Waals surface area contributed by atoms with Crippen molar-refractivity contribution in [3.63, 3.8) is 0 Å². The molecule has 0 aliphatic carbocycles. The number of aryl methyl sites for hydroxylation is 1. The van der Waals surface area contributed by atoms with E-state index in [1.54, 1.807) is 0 Å². The average molecular weight is 268 g/mol. The summed E-state index contributed by atoms with van der Waals surface area (Å²) >= 11 is 6.10. The van der Waals surface area contributed by atoms with Crippen molar-refractivity contribution in [1.82, 2.24) is 5.32 Å². The lowest BCUT2D eigenvalue weighted by atomic mass is 9.93. The van der Waals surface area contributed by atoms with Gasteiger partial charge in [-0.25, -0.2) is 0 Å². The second kappa shape index (κ2) is 7.81. The van der Waals surface area contributed by atoms with Gasteiger partial charge in [-0.05, 0) is 49.4 Å². The topological polar surface area (TPSA) is 12.0 Å². The second-order valence-electron chi connectivity index (χ2n) is 5.26. The molecule has 1 nitrogen and oxygen atoms in total. The maximum atomic E-state index is 6.10. The first-order chi connectivity index (χ1) is 8.58. The molecule has 0 heterocycles. The lowest BCUT2D eigenvalue weighted by Crippen LogP contribution is -2.24. The molecule has 0 aromatic heterocycles. The van der Waals surface area contributed by atoms with E-state index in [0.29, 0.717) is 6.04 Å². The van der Waals surface area contributed by atoms with Crippen LogP contribution in [0.5, 0.6) is 0 Å². The Labute approximate surface area is 117 Å². The molecule has 0 bridgehead atoms. The van der Waals surface area contributed by atoms with E-state index in [0.717, 1.165) is 17.5 Å². The van der Waals surface area contributed by atoms with E-state index in [2.05, 4.69) is 45.1 Å². The Bertz CT molecular complexity index is 362. The Kier molecular flexibility index (Phi) is 6.73. The highest BCUT2D eigenvalue weighted by atomic mass is 35.5. The van der Waals surface area contributed by atoms with Gasteiger partial charge < -0.3 is 5.32 Å². The van der Waals surface area contributed by atoms with Crippen molar-refractivity contribution in [2.75, 3.05) is 6.54 Å². The molecule has 0 spiro atoms. The lowest BCUT2D eigenvalue weighted by Gasteiger charge is -2.22. The molecule has 18 heavy (non-hydrogen) atoms. The highest BCUT2D eigenvalue weighted by Gasteiger charge is 2.14. The molecule has 0 saturated carbocycles. The first-order valence-electron chi connectivity index (χ1n) is 7.07. The van der Waals surface area contributed by atoms with Crippen molar-refractivity contribution in [2.24, 2.45) is 5.92 Å². The number of halogens is 1. The molecule has 0 aliphatic heterocycles. The van der Waals surface area contributed by atoms with E-state index in [1.807, 2.05) is 6.07 Å². The molecule has 0 amide bonds. The number of nitrogens with one attached hydrogen (secondary N) is 1. The predicted octanol–water partition coefficient (Wildman–Crippen LogP) is 5.13. The molecule has 2 unspecified atom stereocenters. The molecule has 2 heteroatoms. The third-order valence-electron chi connectivity index (χ3n) is 3.56. The van der Waals surface area contributed by atoms with Gasteiger partial charge in [0.25, 0.3) is 0 Å². The van der Waals surface area contributed by atoms with Gasteiger partial charge in [-0.3, -0.25) is 0 Å². The standard InChI is InChI=1S/C16H26ClN/c1-5-9-18-16(10-12(3)6-2)14-7-8-15(17)13(4)11-14/h7-8,11-12,16,18H,5-6,9-10H2,1-4H3. The van der Waals surface area contributed by atoms with Crippen LogP contribution in [0.2, 0.25) is 5.02 Å². The van der Waals surface area contributed by atoms with Gasteiger partial charge in [0, 0.05) is 11.1 Å².